The lowest BCUT2D eigenvalue weighted by Gasteiger charge is -2.15. The minimum Gasteiger partial charge on any atom is -0.296 e. The average molecular weight is 395 g/mol. The molecule has 0 aliphatic carbocycles. The van der Waals surface area contributed by atoms with Crippen LogP contribution in [0.5, 0.6) is 0 Å². The molecule has 16 heavy (non-hydrogen) atoms. The van der Waals surface area contributed by atoms with Gasteiger partial charge in [0.05, 0.1) is 0 Å². The van der Waals surface area contributed by atoms with Crippen LogP contribution in [0.3, 0.4) is 0 Å². The van der Waals surface area contributed by atoms with E-state index in [1.165, 1.54) is 5.56 Å². The van der Waals surface area contributed by atoms with Gasteiger partial charge in [0.25, 0.3) is 0 Å². The maximum atomic E-state index is 11.8. The van der Waals surface area contributed by atoms with E-state index >= 15 is 0 Å². The molecule has 0 radical (unpaired) electrons. The highest BCUT2D eigenvalue weighted by Crippen LogP contribution is 2.26. The summed E-state index contributed by atoms with van der Waals surface area (Å²) in [4.78, 5) is 17.9. The number of hydrogen-bond donors (Lipinski definition) is 0. The number of hydrogen-bond acceptors (Lipinski definition) is 2. The van der Waals surface area contributed by atoms with Gasteiger partial charge in [0.15, 0.2) is 0 Å². The molecule has 1 saturated heterocycles. The Hall–Kier alpha value is -0.170. The third-order valence-corrected chi connectivity index (χ3v) is 4.78. The molecule has 5 heteroatoms. The molecule has 0 N–H and O–H groups in total. The second-order valence-corrected chi connectivity index (χ2v) is 5.83. The van der Waals surface area contributed by atoms with Crippen LogP contribution in [0.2, 0.25) is 0 Å². The quantitative estimate of drug-likeness (QED) is 0.570. The molecule has 1 aromatic heterocycles. The minimum atomic E-state index is 0.178. The number of aryl methyl sites for hydroxylation is 1. The molecule has 0 saturated carbocycles. The zero-order valence-corrected chi connectivity index (χ0v) is 12.7. The first-order valence-corrected chi connectivity index (χ1v) is 7.30. The van der Waals surface area contributed by atoms with E-state index in [0.29, 0.717) is 12.3 Å². The highest BCUT2D eigenvalue weighted by molar-refractivity contribution is 14.1. The third kappa shape index (κ3) is 2.40. The van der Waals surface area contributed by atoms with Gasteiger partial charge in [-0.3, -0.25) is 9.69 Å². The second kappa shape index (κ2) is 5.00. The minimum absolute atomic E-state index is 0.178. The highest BCUT2D eigenvalue weighted by Gasteiger charge is 2.30. The fraction of sp³-hybridized carbons (Fsp3) is 0.455. The summed E-state index contributed by atoms with van der Waals surface area (Å²) in [6.07, 6.45) is 2.44. The molecule has 1 atom stereocenters. The summed E-state index contributed by atoms with van der Waals surface area (Å²) in [5.74, 6) is 1.37. The van der Waals surface area contributed by atoms with Crippen LogP contribution in [0.1, 0.15) is 12.0 Å². The number of nitrogens with zero attached hydrogens (tertiary/aromatic N) is 2. The van der Waals surface area contributed by atoms with Crippen molar-refractivity contribution in [1.29, 1.82) is 0 Å². The number of aromatic nitrogens is 1. The van der Waals surface area contributed by atoms with E-state index in [0.717, 1.165) is 21.3 Å². The zero-order chi connectivity index (χ0) is 11.7. The van der Waals surface area contributed by atoms with Crippen LogP contribution >= 0.6 is 38.5 Å². The van der Waals surface area contributed by atoms with E-state index in [1.807, 2.05) is 19.2 Å². The normalized spacial score (nSPS) is 20.6. The zero-order valence-electron chi connectivity index (χ0n) is 8.91. The molecular weight excluding hydrogens is 383 g/mol. The van der Waals surface area contributed by atoms with Gasteiger partial charge < -0.3 is 0 Å². The monoisotopic (exact) mass is 394 g/mol. The molecule has 3 nitrogen and oxygen atoms in total. The topological polar surface area (TPSA) is 33.2 Å². The Balaban J connectivity index is 2.24. The SMILES string of the molecule is Cc1cc(N2CC(CBr)CC2=O)ncc1I. The molecule has 1 amide bonds. The van der Waals surface area contributed by atoms with Gasteiger partial charge in [-0.05, 0) is 47.1 Å². The van der Waals surface area contributed by atoms with Crippen molar-refractivity contribution < 1.29 is 4.79 Å². The number of rotatable bonds is 2. The third-order valence-electron chi connectivity index (χ3n) is 2.73. The van der Waals surface area contributed by atoms with Crippen molar-refractivity contribution in [3.8, 4) is 0 Å². The lowest BCUT2D eigenvalue weighted by Crippen LogP contribution is -2.25. The van der Waals surface area contributed by atoms with Crippen molar-refractivity contribution in [1.82, 2.24) is 4.98 Å². The fourth-order valence-electron chi connectivity index (χ4n) is 1.78. The summed E-state index contributed by atoms with van der Waals surface area (Å²) in [6.45, 7) is 2.81. The summed E-state index contributed by atoms with van der Waals surface area (Å²) in [6, 6.07) is 1.98. The smallest absolute Gasteiger partial charge is 0.228 e. The Morgan fingerprint density at radius 2 is 2.44 bits per heavy atom. The Morgan fingerprint density at radius 3 is 3.00 bits per heavy atom. The highest BCUT2D eigenvalue weighted by atomic mass is 127. The summed E-state index contributed by atoms with van der Waals surface area (Å²) in [5.41, 5.74) is 1.17. The van der Waals surface area contributed by atoms with Crippen LogP contribution in [0.25, 0.3) is 0 Å². The van der Waals surface area contributed by atoms with Gasteiger partial charge in [0.1, 0.15) is 5.82 Å². The van der Waals surface area contributed by atoms with Gasteiger partial charge in [-0.15, -0.1) is 0 Å². The number of carbonyl (C=O) groups is 1. The molecule has 2 heterocycles. The van der Waals surface area contributed by atoms with Gasteiger partial charge in [0.2, 0.25) is 5.91 Å². The van der Waals surface area contributed by atoms with Crippen molar-refractivity contribution in [3.05, 3.63) is 21.4 Å². The van der Waals surface area contributed by atoms with E-state index in [1.54, 1.807) is 4.90 Å². The molecule has 0 spiro atoms. The maximum absolute atomic E-state index is 11.8. The van der Waals surface area contributed by atoms with Crippen LogP contribution in [0.4, 0.5) is 5.82 Å². The first kappa shape index (κ1) is 12.3. The standard InChI is InChI=1S/C11H12BrIN2O/c1-7-2-10(14-5-9(7)13)15-6-8(4-12)3-11(15)16/h2,5,8H,3-4,6H2,1H3. The van der Waals surface area contributed by atoms with Gasteiger partial charge in [0, 0.05) is 28.1 Å². The molecule has 86 valence electrons. The molecular formula is C11H12BrIN2O. The average Bonchev–Trinajstić information content (AvgIpc) is 2.64. The molecule has 1 aliphatic heterocycles. The molecule has 1 fully saturated rings. The molecule has 0 aromatic carbocycles. The number of amides is 1. The lowest BCUT2D eigenvalue weighted by molar-refractivity contribution is -0.117. The number of pyridine rings is 1. The number of halogens is 2. The Kier molecular flexibility index (Phi) is 3.84. The van der Waals surface area contributed by atoms with Crippen LogP contribution in [-0.2, 0) is 4.79 Å². The van der Waals surface area contributed by atoms with Crippen molar-refractivity contribution in [3.63, 3.8) is 0 Å². The molecule has 0 bridgehead atoms. The molecule has 1 aliphatic rings. The molecule has 1 aromatic rings. The van der Waals surface area contributed by atoms with E-state index < -0.39 is 0 Å². The second-order valence-electron chi connectivity index (χ2n) is 4.02. The molecule has 1 unspecified atom stereocenters. The Morgan fingerprint density at radius 1 is 1.69 bits per heavy atom. The first-order valence-electron chi connectivity index (χ1n) is 5.10. The van der Waals surface area contributed by atoms with Crippen LogP contribution in [0, 0.1) is 16.4 Å². The largest absolute Gasteiger partial charge is 0.296 e. The van der Waals surface area contributed by atoms with Crippen LogP contribution in [-0.4, -0.2) is 22.8 Å². The van der Waals surface area contributed by atoms with E-state index in [4.69, 9.17) is 0 Å². The van der Waals surface area contributed by atoms with Gasteiger partial charge in [-0.2, -0.15) is 0 Å². The van der Waals surface area contributed by atoms with Crippen molar-refractivity contribution in [2.45, 2.75) is 13.3 Å². The predicted octanol–water partition coefficient (Wildman–Crippen LogP) is 2.74. The summed E-state index contributed by atoms with van der Waals surface area (Å²) >= 11 is 5.68. The summed E-state index contributed by atoms with van der Waals surface area (Å²) < 4.78 is 1.13. The molecule has 2 rings (SSSR count). The predicted molar refractivity (Wildman–Crippen MR) is 75.9 cm³/mol. The van der Waals surface area contributed by atoms with Crippen molar-refractivity contribution in [2.75, 3.05) is 16.8 Å². The number of alkyl halides is 1. The number of anilines is 1. The van der Waals surface area contributed by atoms with Crippen molar-refractivity contribution in [2.24, 2.45) is 5.92 Å². The van der Waals surface area contributed by atoms with Gasteiger partial charge in [-0.1, -0.05) is 15.9 Å². The van der Waals surface area contributed by atoms with E-state index in [2.05, 4.69) is 43.5 Å². The van der Waals surface area contributed by atoms with Gasteiger partial charge in [-0.25, -0.2) is 4.98 Å². The summed E-state index contributed by atoms with van der Waals surface area (Å²) in [7, 11) is 0. The first-order chi connectivity index (χ1) is 7.61. The van der Waals surface area contributed by atoms with Crippen LogP contribution < -0.4 is 4.90 Å². The summed E-state index contributed by atoms with van der Waals surface area (Å²) in [5, 5.41) is 0.874. The van der Waals surface area contributed by atoms with E-state index in [9.17, 15) is 4.79 Å². The number of carbonyl (C=O) groups excluding carboxylic acids is 1. The van der Waals surface area contributed by atoms with Crippen molar-refractivity contribution >= 4 is 50.2 Å². The maximum Gasteiger partial charge on any atom is 0.228 e. The van der Waals surface area contributed by atoms with Gasteiger partial charge >= 0.3 is 0 Å². The Bertz CT molecular complexity index is 424. The Labute approximate surface area is 117 Å². The van der Waals surface area contributed by atoms with E-state index in [-0.39, 0.29) is 5.91 Å². The van der Waals surface area contributed by atoms with Crippen LogP contribution in [0.15, 0.2) is 12.3 Å². The lowest BCUT2D eigenvalue weighted by atomic mass is 10.2. The fourth-order valence-corrected chi connectivity index (χ4v) is 2.51.